The Morgan fingerprint density at radius 1 is 1.35 bits per heavy atom. The molecule has 1 aromatic rings. The van der Waals surface area contributed by atoms with Crippen LogP contribution in [0.3, 0.4) is 0 Å². The van der Waals surface area contributed by atoms with E-state index in [1.165, 1.54) is 12.8 Å². The van der Waals surface area contributed by atoms with E-state index in [4.69, 9.17) is 0 Å². The average Bonchev–Trinajstić information content (AvgIpc) is 2.44. The zero-order valence-electron chi connectivity index (χ0n) is 12.5. The van der Waals surface area contributed by atoms with Gasteiger partial charge >= 0.3 is 0 Å². The van der Waals surface area contributed by atoms with Gasteiger partial charge in [0.05, 0.1) is 0 Å². The van der Waals surface area contributed by atoms with Crippen molar-refractivity contribution in [3.8, 4) is 0 Å². The van der Waals surface area contributed by atoms with Crippen molar-refractivity contribution in [2.45, 2.75) is 38.8 Å². The van der Waals surface area contributed by atoms with Gasteiger partial charge in [-0.2, -0.15) is 0 Å². The Kier molecular flexibility index (Phi) is 5.11. The molecule has 0 aromatic heterocycles. The zero-order valence-corrected chi connectivity index (χ0v) is 12.5. The molecule has 1 fully saturated rings. The summed E-state index contributed by atoms with van der Waals surface area (Å²) in [7, 11) is 1.80. The maximum Gasteiger partial charge on any atom is 0.163 e. The molecular weight excluding hydrogens is 258 g/mol. The van der Waals surface area contributed by atoms with Gasteiger partial charge in [-0.3, -0.25) is 4.90 Å². The molecule has 0 saturated carbocycles. The minimum Gasteiger partial charge on any atom is -0.312 e. The van der Waals surface area contributed by atoms with Crippen molar-refractivity contribution < 1.29 is 8.78 Å². The fraction of sp³-hybridized carbons (Fsp3) is 0.625. The second-order valence-corrected chi connectivity index (χ2v) is 5.84. The molecule has 3 atom stereocenters. The molecule has 1 N–H and O–H groups in total. The van der Waals surface area contributed by atoms with Crippen LogP contribution in [0, 0.1) is 17.6 Å². The first kappa shape index (κ1) is 15.4. The van der Waals surface area contributed by atoms with Crippen molar-refractivity contribution in [1.82, 2.24) is 10.2 Å². The Balaban J connectivity index is 2.14. The average molecular weight is 282 g/mol. The Bertz CT molecular complexity index is 450. The smallest absolute Gasteiger partial charge is 0.163 e. The number of halogens is 2. The quantitative estimate of drug-likeness (QED) is 0.911. The SMILES string of the molecule is CNC(CN1CCCC(C)C1C)c1cccc(F)c1F. The van der Waals surface area contributed by atoms with E-state index >= 15 is 0 Å². The number of hydrogen-bond donors (Lipinski definition) is 1. The van der Waals surface area contributed by atoms with Gasteiger partial charge in [-0.25, -0.2) is 8.78 Å². The van der Waals surface area contributed by atoms with Crippen molar-refractivity contribution in [2.24, 2.45) is 5.92 Å². The van der Waals surface area contributed by atoms with E-state index in [0.717, 1.165) is 12.6 Å². The minimum absolute atomic E-state index is 0.182. The van der Waals surface area contributed by atoms with Crippen LogP contribution in [0.1, 0.15) is 38.3 Å². The lowest BCUT2D eigenvalue weighted by Crippen LogP contribution is -2.46. The van der Waals surface area contributed by atoms with Crippen molar-refractivity contribution in [1.29, 1.82) is 0 Å². The molecule has 0 radical (unpaired) electrons. The van der Waals surface area contributed by atoms with E-state index in [0.29, 0.717) is 24.1 Å². The lowest BCUT2D eigenvalue weighted by atomic mass is 9.91. The molecule has 0 aliphatic carbocycles. The van der Waals surface area contributed by atoms with Crippen LogP contribution in [-0.4, -0.2) is 31.1 Å². The minimum atomic E-state index is -0.775. The maximum absolute atomic E-state index is 13.9. The van der Waals surface area contributed by atoms with Crippen LogP contribution in [0.25, 0.3) is 0 Å². The number of piperidine rings is 1. The van der Waals surface area contributed by atoms with Gasteiger partial charge in [0, 0.05) is 24.2 Å². The molecule has 2 rings (SSSR count). The summed E-state index contributed by atoms with van der Waals surface area (Å²) in [4.78, 5) is 2.37. The van der Waals surface area contributed by atoms with Gasteiger partial charge in [0.1, 0.15) is 0 Å². The van der Waals surface area contributed by atoms with Gasteiger partial charge in [0.25, 0.3) is 0 Å². The lowest BCUT2D eigenvalue weighted by molar-refractivity contribution is 0.102. The highest BCUT2D eigenvalue weighted by atomic mass is 19.2. The molecular formula is C16H24F2N2. The normalized spacial score (nSPS) is 25.6. The van der Waals surface area contributed by atoms with Crippen molar-refractivity contribution in [3.05, 3.63) is 35.4 Å². The summed E-state index contributed by atoms with van der Waals surface area (Å²) in [5, 5.41) is 3.12. The van der Waals surface area contributed by atoms with E-state index in [-0.39, 0.29) is 6.04 Å². The van der Waals surface area contributed by atoms with Crippen LogP contribution in [-0.2, 0) is 0 Å². The molecule has 1 aromatic carbocycles. The molecule has 4 heteroatoms. The molecule has 1 aliphatic rings. The predicted molar refractivity (Wildman–Crippen MR) is 77.6 cm³/mol. The molecule has 0 spiro atoms. The highest BCUT2D eigenvalue weighted by Crippen LogP contribution is 2.26. The van der Waals surface area contributed by atoms with Crippen LogP contribution in [0.4, 0.5) is 8.78 Å². The first-order valence-corrected chi connectivity index (χ1v) is 7.39. The second kappa shape index (κ2) is 6.64. The first-order valence-electron chi connectivity index (χ1n) is 7.39. The number of benzene rings is 1. The Morgan fingerprint density at radius 2 is 2.10 bits per heavy atom. The van der Waals surface area contributed by atoms with Crippen molar-refractivity contribution in [2.75, 3.05) is 20.1 Å². The van der Waals surface area contributed by atoms with Gasteiger partial charge in [0.15, 0.2) is 11.6 Å². The molecule has 1 aliphatic heterocycles. The van der Waals surface area contributed by atoms with E-state index in [1.54, 1.807) is 19.2 Å². The first-order chi connectivity index (χ1) is 9.54. The molecule has 20 heavy (non-hydrogen) atoms. The summed E-state index contributed by atoms with van der Waals surface area (Å²) in [6.07, 6.45) is 2.42. The number of likely N-dealkylation sites (tertiary alicyclic amines) is 1. The number of nitrogens with zero attached hydrogens (tertiary/aromatic N) is 1. The fourth-order valence-corrected chi connectivity index (χ4v) is 3.05. The fourth-order valence-electron chi connectivity index (χ4n) is 3.05. The predicted octanol–water partition coefficient (Wildman–Crippen LogP) is 3.35. The number of nitrogens with one attached hydrogen (secondary N) is 1. The van der Waals surface area contributed by atoms with Gasteiger partial charge in [-0.05, 0) is 45.3 Å². The van der Waals surface area contributed by atoms with Crippen LogP contribution >= 0.6 is 0 Å². The van der Waals surface area contributed by atoms with Crippen molar-refractivity contribution in [3.63, 3.8) is 0 Å². The van der Waals surface area contributed by atoms with E-state index in [1.807, 2.05) is 0 Å². The Morgan fingerprint density at radius 3 is 2.80 bits per heavy atom. The summed E-state index contributed by atoms with van der Waals surface area (Å²) in [5.74, 6) is -0.856. The topological polar surface area (TPSA) is 15.3 Å². The summed E-state index contributed by atoms with van der Waals surface area (Å²) in [6, 6.07) is 4.70. The molecule has 0 amide bonds. The van der Waals surface area contributed by atoms with Crippen LogP contribution in [0.15, 0.2) is 18.2 Å². The van der Waals surface area contributed by atoms with Crippen LogP contribution < -0.4 is 5.32 Å². The zero-order chi connectivity index (χ0) is 14.7. The molecule has 3 unspecified atom stereocenters. The van der Waals surface area contributed by atoms with Crippen molar-refractivity contribution >= 4 is 0 Å². The van der Waals surface area contributed by atoms with Crippen LogP contribution in [0.5, 0.6) is 0 Å². The highest BCUT2D eigenvalue weighted by molar-refractivity contribution is 5.23. The highest BCUT2D eigenvalue weighted by Gasteiger charge is 2.27. The molecule has 1 saturated heterocycles. The lowest BCUT2D eigenvalue weighted by Gasteiger charge is -2.39. The Labute approximate surface area is 120 Å². The number of hydrogen-bond acceptors (Lipinski definition) is 2. The van der Waals surface area contributed by atoms with E-state index in [2.05, 4.69) is 24.1 Å². The summed E-state index contributed by atoms with van der Waals surface area (Å²) in [6.45, 7) is 6.22. The summed E-state index contributed by atoms with van der Waals surface area (Å²) in [5.41, 5.74) is 0.415. The molecule has 0 bridgehead atoms. The summed E-state index contributed by atoms with van der Waals surface area (Å²) < 4.78 is 27.3. The third kappa shape index (κ3) is 3.18. The summed E-state index contributed by atoms with van der Waals surface area (Å²) >= 11 is 0. The van der Waals surface area contributed by atoms with Crippen LogP contribution in [0.2, 0.25) is 0 Å². The second-order valence-electron chi connectivity index (χ2n) is 5.84. The van der Waals surface area contributed by atoms with Gasteiger partial charge in [0.2, 0.25) is 0 Å². The van der Waals surface area contributed by atoms with Gasteiger partial charge in [-0.1, -0.05) is 19.1 Å². The molecule has 1 heterocycles. The monoisotopic (exact) mass is 282 g/mol. The van der Waals surface area contributed by atoms with E-state index in [9.17, 15) is 8.78 Å². The third-order valence-electron chi connectivity index (χ3n) is 4.63. The van der Waals surface area contributed by atoms with E-state index < -0.39 is 11.6 Å². The van der Waals surface area contributed by atoms with Gasteiger partial charge < -0.3 is 5.32 Å². The molecule has 112 valence electrons. The largest absolute Gasteiger partial charge is 0.312 e. The standard InChI is InChI=1S/C16H24F2N2/c1-11-6-5-9-20(12(11)2)10-15(19-3)13-7-4-8-14(17)16(13)18/h4,7-8,11-12,15,19H,5-6,9-10H2,1-3H3. The number of rotatable bonds is 4. The number of likely N-dealkylation sites (N-methyl/N-ethyl adjacent to an activating group) is 1. The maximum atomic E-state index is 13.9. The Hall–Kier alpha value is -1.00. The third-order valence-corrected chi connectivity index (χ3v) is 4.63. The van der Waals surface area contributed by atoms with Gasteiger partial charge in [-0.15, -0.1) is 0 Å². The molecule has 2 nitrogen and oxygen atoms in total.